The van der Waals surface area contributed by atoms with Gasteiger partial charge in [-0.05, 0) is 47.2 Å². The highest BCUT2D eigenvalue weighted by Gasteiger charge is 2.53. The summed E-state index contributed by atoms with van der Waals surface area (Å²) in [6.45, 7) is 4.31. The molecule has 7 rings (SSSR count). The summed E-state index contributed by atoms with van der Waals surface area (Å²) in [5, 5.41) is 2.30. The molecule has 3 aromatic carbocycles. The lowest BCUT2D eigenvalue weighted by Gasteiger charge is -2.51. The molecule has 0 aromatic heterocycles. The summed E-state index contributed by atoms with van der Waals surface area (Å²) in [5.41, 5.74) is 3.74. The number of unbranched alkanes of at least 4 members (excludes halogenated alkanes) is 1. The van der Waals surface area contributed by atoms with Crippen molar-refractivity contribution >= 4 is 28.1 Å². The number of ketones is 3. The summed E-state index contributed by atoms with van der Waals surface area (Å²) in [6.07, 6.45) is 4.01. The number of Topliss-reactive ketones (excluding diaryl/α,β-unsaturated/α-hetero) is 3. The molecule has 4 aliphatic rings. The molecule has 2 heterocycles. The molecule has 0 radical (unpaired) electrons. The Bertz CT molecular complexity index is 1560. The molecule has 39 heavy (non-hydrogen) atoms. The van der Waals surface area contributed by atoms with Crippen LogP contribution in [0.2, 0.25) is 0 Å². The quantitative estimate of drug-likeness (QED) is 0.266. The van der Waals surface area contributed by atoms with Gasteiger partial charge in [-0.3, -0.25) is 14.4 Å². The largest absolute Gasteiger partial charge is 0.465 e. The van der Waals surface area contributed by atoms with Crippen molar-refractivity contribution in [2.45, 2.75) is 70.7 Å². The van der Waals surface area contributed by atoms with Gasteiger partial charge < -0.3 is 9.47 Å². The summed E-state index contributed by atoms with van der Waals surface area (Å²) in [4.78, 5) is 39.0. The van der Waals surface area contributed by atoms with Crippen LogP contribution in [0.3, 0.4) is 0 Å². The van der Waals surface area contributed by atoms with Crippen LogP contribution in [0.1, 0.15) is 90.3 Å². The fraction of sp³-hybridized carbons (Fsp3) is 0.382. The number of fused-ring (bicyclic) bond motifs is 7. The lowest BCUT2D eigenvalue weighted by Crippen LogP contribution is -2.50. The van der Waals surface area contributed by atoms with Crippen LogP contribution in [-0.4, -0.2) is 23.1 Å². The molecule has 2 unspecified atom stereocenters. The van der Waals surface area contributed by atoms with Gasteiger partial charge in [-0.2, -0.15) is 0 Å². The second-order valence-corrected chi connectivity index (χ2v) is 12.2. The standard InChI is InChI=1S/C34H32O5/c1-33(2)16-14-27(35)28-31-26-18-21-10-4-3-9-20(21)17-22(26)19-34(38-31,39-32(28)33)15-8-7-13-25-29(36)23-11-5-6-12-24(23)30(25)37/h3-6,9-12,17-18,25,31H,7-8,13-16,19H2,1-2H3. The highest BCUT2D eigenvalue weighted by molar-refractivity contribution is 6.26. The third-order valence-corrected chi connectivity index (χ3v) is 9.16. The Hall–Kier alpha value is -3.57. The van der Waals surface area contributed by atoms with Gasteiger partial charge in [-0.15, -0.1) is 0 Å². The fourth-order valence-electron chi connectivity index (χ4n) is 7.01. The summed E-state index contributed by atoms with van der Waals surface area (Å²) in [7, 11) is 0. The summed E-state index contributed by atoms with van der Waals surface area (Å²) < 4.78 is 13.5. The number of hydrogen-bond donors (Lipinski definition) is 0. The lowest BCUT2D eigenvalue weighted by atomic mass is 9.72. The monoisotopic (exact) mass is 520 g/mol. The molecule has 198 valence electrons. The van der Waals surface area contributed by atoms with E-state index in [9.17, 15) is 14.4 Å². The zero-order chi connectivity index (χ0) is 26.9. The van der Waals surface area contributed by atoms with Gasteiger partial charge in [0.15, 0.2) is 17.3 Å². The zero-order valence-corrected chi connectivity index (χ0v) is 22.4. The molecular formula is C34H32O5. The Balaban J connectivity index is 1.18. The molecule has 0 fully saturated rings. The Kier molecular flexibility index (Phi) is 5.47. The van der Waals surface area contributed by atoms with Crippen LogP contribution >= 0.6 is 0 Å². The number of allylic oxidation sites excluding steroid dienone is 1. The molecule has 0 N–H and O–H groups in total. The molecule has 2 atom stereocenters. The Morgan fingerprint density at radius 1 is 0.872 bits per heavy atom. The number of carbonyl (C=O) groups is 3. The second kappa shape index (κ2) is 8.72. The lowest BCUT2D eigenvalue weighted by molar-refractivity contribution is -0.271. The first-order chi connectivity index (χ1) is 18.8. The Morgan fingerprint density at radius 3 is 2.26 bits per heavy atom. The van der Waals surface area contributed by atoms with E-state index < -0.39 is 17.8 Å². The van der Waals surface area contributed by atoms with Gasteiger partial charge in [0.25, 0.3) is 0 Å². The Labute approximate surface area is 228 Å². The van der Waals surface area contributed by atoms with E-state index in [1.54, 1.807) is 12.1 Å². The highest BCUT2D eigenvalue weighted by Crippen LogP contribution is 2.55. The first kappa shape index (κ1) is 24.5. The van der Waals surface area contributed by atoms with Crippen molar-refractivity contribution in [2.24, 2.45) is 11.3 Å². The maximum atomic E-state index is 13.3. The smallest absolute Gasteiger partial charge is 0.215 e. The third kappa shape index (κ3) is 3.81. The topological polar surface area (TPSA) is 69.7 Å². The van der Waals surface area contributed by atoms with Crippen LogP contribution in [0, 0.1) is 11.3 Å². The SMILES string of the molecule is CC1(C)CCC(=O)C2=C1OC1(CCCCC3C(=O)c4ccccc4C3=O)Cc3cc4ccccc4cc3C2O1. The maximum Gasteiger partial charge on any atom is 0.215 e. The van der Waals surface area contributed by atoms with Crippen LogP contribution in [0.5, 0.6) is 0 Å². The maximum absolute atomic E-state index is 13.3. The minimum absolute atomic E-state index is 0.0604. The van der Waals surface area contributed by atoms with Crippen molar-refractivity contribution < 1.29 is 23.9 Å². The predicted octanol–water partition coefficient (Wildman–Crippen LogP) is 7.08. The molecule has 2 aliphatic carbocycles. The molecule has 0 saturated carbocycles. The van der Waals surface area contributed by atoms with E-state index in [1.165, 1.54) is 0 Å². The molecule has 0 saturated heterocycles. The summed E-state index contributed by atoms with van der Waals surface area (Å²) >= 11 is 0. The van der Waals surface area contributed by atoms with Gasteiger partial charge in [0.1, 0.15) is 11.9 Å². The van der Waals surface area contributed by atoms with Gasteiger partial charge >= 0.3 is 0 Å². The normalized spacial score (nSPS) is 25.4. The van der Waals surface area contributed by atoms with E-state index in [0.29, 0.717) is 48.8 Å². The number of benzene rings is 3. The summed E-state index contributed by atoms with van der Waals surface area (Å²) in [5.74, 6) is -0.694. The van der Waals surface area contributed by atoms with Crippen molar-refractivity contribution in [1.82, 2.24) is 0 Å². The molecule has 0 spiro atoms. The van der Waals surface area contributed by atoms with Gasteiger partial charge in [-0.1, -0.05) is 74.9 Å². The molecule has 2 aliphatic heterocycles. The number of hydrogen-bond acceptors (Lipinski definition) is 5. The van der Waals surface area contributed by atoms with Crippen LogP contribution in [-0.2, 0) is 20.7 Å². The van der Waals surface area contributed by atoms with Crippen molar-refractivity contribution in [3.8, 4) is 0 Å². The van der Waals surface area contributed by atoms with Crippen molar-refractivity contribution in [3.05, 3.63) is 94.2 Å². The van der Waals surface area contributed by atoms with Gasteiger partial charge in [0.05, 0.1) is 11.5 Å². The fourth-order valence-corrected chi connectivity index (χ4v) is 7.01. The molecule has 2 bridgehead atoms. The molecule has 0 amide bonds. The van der Waals surface area contributed by atoms with E-state index in [0.717, 1.165) is 40.5 Å². The number of rotatable bonds is 5. The summed E-state index contributed by atoms with van der Waals surface area (Å²) in [6, 6.07) is 19.8. The van der Waals surface area contributed by atoms with Crippen molar-refractivity contribution in [1.29, 1.82) is 0 Å². The average molecular weight is 521 g/mol. The van der Waals surface area contributed by atoms with Gasteiger partial charge in [0.2, 0.25) is 5.79 Å². The van der Waals surface area contributed by atoms with Gasteiger partial charge in [-0.25, -0.2) is 0 Å². The first-order valence-corrected chi connectivity index (χ1v) is 14.1. The number of ether oxygens (including phenoxy) is 2. The second-order valence-electron chi connectivity index (χ2n) is 12.2. The molecule has 5 nitrogen and oxygen atoms in total. The minimum atomic E-state index is -0.874. The van der Waals surface area contributed by atoms with Crippen molar-refractivity contribution in [3.63, 3.8) is 0 Å². The average Bonchev–Trinajstić information content (AvgIpc) is 3.17. The minimum Gasteiger partial charge on any atom is -0.465 e. The van der Waals surface area contributed by atoms with Crippen LogP contribution in [0.4, 0.5) is 0 Å². The predicted molar refractivity (Wildman–Crippen MR) is 147 cm³/mol. The van der Waals surface area contributed by atoms with E-state index in [1.807, 2.05) is 24.3 Å². The van der Waals surface area contributed by atoms with Crippen molar-refractivity contribution in [2.75, 3.05) is 0 Å². The van der Waals surface area contributed by atoms with E-state index in [-0.39, 0.29) is 22.8 Å². The first-order valence-electron chi connectivity index (χ1n) is 14.1. The van der Waals surface area contributed by atoms with Crippen LogP contribution < -0.4 is 0 Å². The van der Waals surface area contributed by atoms with E-state index in [2.05, 4.69) is 38.1 Å². The van der Waals surface area contributed by atoms with Crippen LogP contribution in [0.25, 0.3) is 10.8 Å². The van der Waals surface area contributed by atoms with Crippen LogP contribution in [0.15, 0.2) is 72.0 Å². The van der Waals surface area contributed by atoms with Gasteiger partial charge in [0, 0.05) is 35.8 Å². The van der Waals surface area contributed by atoms with E-state index in [4.69, 9.17) is 9.47 Å². The third-order valence-electron chi connectivity index (χ3n) is 9.16. The molecular weight excluding hydrogens is 488 g/mol. The zero-order valence-electron chi connectivity index (χ0n) is 22.4. The highest BCUT2D eigenvalue weighted by atomic mass is 16.7. The Morgan fingerprint density at radius 2 is 1.54 bits per heavy atom. The molecule has 3 aromatic rings. The van der Waals surface area contributed by atoms with E-state index >= 15 is 0 Å². The number of carbonyl (C=O) groups excluding carboxylic acids is 3. The molecule has 5 heteroatoms.